The molecule has 102 valence electrons. The molecule has 1 aromatic carbocycles. The third-order valence-electron chi connectivity index (χ3n) is 3.11. The van der Waals surface area contributed by atoms with Gasteiger partial charge in [-0.3, -0.25) is 0 Å². The summed E-state index contributed by atoms with van der Waals surface area (Å²) in [4.78, 5) is 2.27. The van der Waals surface area contributed by atoms with Crippen LogP contribution in [-0.4, -0.2) is 27.2 Å². The molecule has 0 saturated carbocycles. The van der Waals surface area contributed by atoms with Crippen molar-refractivity contribution >= 4 is 22.7 Å². The third kappa shape index (κ3) is 4.26. The summed E-state index contributed by atoms with van der Waals surface area (Å²) in [5, 5.41) is 10.9. The average Bonchev–Trinajstić information content (AvgIpc) is 2.96. The van der Waals surface area contributed by atoms with Gasteiger partial charge in [-0.05, 0) is 40.6 Å². The summed E-state index contributed by atoms with van der Waals surface area (Å²) in [7, 11) is 4.07. The quantitative estimate of drug-likeness (QED) is 0.761. The molecule has 0 amide bonds. The second-order valence-electron chi connectivity index (χ2n) is 4.53. The Morgan fingerprint density at radius 3 is 2.89 bits per heavy atom. The van der Waals surface area contributed by atoms with E-state index in [1.165, 1.54) is 11.3 Å². The molecular formula is C15H21N3S. The molecule has 0 bridgehead atoms. The van der Waals surface area contributed by atoms with Gasteiger partial charge in [-0.2, -0.15) is 11.3 Å². The molecule has 0 aliphatic rings. The Kier molecular flexibility index (Phi) is 5.24. The lowest BCUT2D eigenvalue weighted by atomic mass is 10.2. The largest absolute Gasteiger partial charge is 0.388 e. The van der Waals surface area contributed by atoms with Crippen molar-refractivity contribution < 1.29 is 0 Å². The van der Waals surface area contributed by atoms with Gasteiger partial charge >= 0.3 is 0 Å². The fraction of sp³-hybridized carbons (Fsp3) is 0.333. The average molecular weight is 275 g/mol. The van der Waals surface area contributed by atoms with E-state index in [1.54, 1.807) is 11.3 Å². The summed E-state index contributed by atoms with van der Waals surface area (Å²) in [6, 6.07) is 10.6. The number of benzene rings is 1. The number of hydrogen-bond acceptors (Lipinski definition) is 4. The van der Waals surface area contributed by atoms with E-state index in [-0.39, 0.29) is 0 Å². The Labute approximate surface area is 119 Å². The molecule has 0 radical (unpaired) electrons. The van der Waals surface area contributed by atoms with Crippen LogP contribution in [0.4, 0.5) is 11.4 Å². The van der Waals surface area contributed by atoms with Crippen LogP contribution >= 0.6 is 11.3 Å². The highest BCUT2D eigenvalue weighted by molar-refractivity contribution is 7.07. The SMILES string of the molecule is CNc1cccc(N(C)CCNCc2ccsc2)c1. The summed E-state index contributed by atoms with van der Waals surface area (Å²) in [5.41, 5.74) is 3.75. The van der Waals surface area contributed by atoms with Crippen LogP contribution in [0.25, 0.3) is 0 Å². The number of nitrogens with one attached hydrogen (secondary N) is 2. The Bertz CT molecular complexity index is 482. The molecule has 0 atom stereocenters. The fourth-order valence-corrected chi connectivity index (χ4v) is 2.57. The first kappa shape index (κ1) is 13.9. The maximum absolute atomic E-state index is 3.47. The Morgan fingerprint density at radius 2 is 2.16 bits per heavy atom. The van der Waals surface area contributed by atoms with Gasteiger partial charge in [0.05, 0.1) is 0 Å². The van der Waals surface area contributed by atoms with E-state index in [0.29, 0.717) is 0 Å². The maximum atomic E-state index is 3.47. The molecule has 2 N–H and O–H groups in total. The van der Waals surface area contributed by atoms with Gasteiger partial charge in [0.1, 0.15) is 0 Å². The Morgan fingerprint density at radius 1 is 1.26 bits per heavy atom. The zero-order valence-corrected chi connectivity index (χ0v) is 12.3. The third-order valence-corrected chi connectivity index (χ3v) is 3.84. The molecule has 0 saturated heterocycles. The van der Waals surface area contributed by atoms with E-state index < -0.39 is 0 Å². The molecule has 4 heteroatoms. The van der Waals surface area contributed by atoms with Crippen LogP contribution in [0.15, 0.2) is 41.1 Å². The predicted molar refractivity (Wildman–Crippen MR) is 85.3 cm³/mol. The summed E-state index contributed by atoms with van der Waals surface area (Å²) in [6.07, 6.45) is 0. The molecule has 2 rings (SSSR count). The molecule has 0 aliphatic carbocycles. The topological polar surface area (TPSA) is 27.3 Å². The van der Waals surface area contributed by atoms with Crippen molar-refractivity contribution in [2.24, 2.45) is 0 Å². The first-order chi connectivity index (χ1) is 9.29. The lowest BCUT2D eigenvalue weighted by Crippen LogP contribution is -2.28. The molecule has 19 heavy (non-hydrogen) atoms. The summed E-state index contributed by atoms with van der Waals surface area (Å²) < 4.78 is 0. The van der Waals surface area contributed by atoms with Crippen molar-refractivity contribution in [1.82, 2.24) is 5.32 Å². The predicted octanol–water partition coefficient (Wildman–Crippen LogP) is 3.02. The number of likely N-dealkylation sites (N-methyl/N-ethyl adjacent to an activating group) is 1. The van der Waals surface area contributed by atoms with Crippen molar-refractivity contribution in [3.8, 4) is 0 Å². The fourth-order valence-electron chi connectivity index (χ4n) is 1.90. The van der Waals surface area contributed by atoms with E-state index in [4.69, 9.17) is 0 Å². The highest BCUT2D eigenvalue weighted by Gasteiger charge is 2.01. The first-order valence-corrected chi connectivity index (χ1v) is 7.44. The van der Waals surface area contributed by atoms with Gasteiger partial charge in [0, 0.05) is 45.1 Å². The lowest BCUT2D eigenvalue weighted by Gasteiger charge is -2.20. The van der Waals surface area contributed by atoms with E-state index >= 15 is 0 Å². The molecule has 0 aliphatic heterocycles. The molecular weight excluding hydrogens is 254 g/mol. The summed E-state index contributed by atoms with van der Waals surface area (Å²) in [5.74, 6) is 0. The van der Waals surface area contributed by atoms with Crippen LogP contribution < -0.4 is 15.5 Å². The molecule has 2 aromatic rings. The van der Waals surface area contributed by atoms with E-state index in [9.17, 15) is 0 Å². The molecule has 1 aromatic heterocycles. The number of thiophene rings is 1. The second kappa shape index (κ2) is 7.16. The van der Waals surface area contributed by atoms with E-state index in [0.717, 1.165) is 25.3 Å². The summed E-state index contributed by atoms with van der Waals surface area (Å²) in [6.45, 7) is 2.93. The van der Waals surface area contributed by atoms with Gasteiger partial charge in [-0.15, -0.1) is 0 Å². The zero-order chi connectivity index (χ0) is 13.5. The van der Waals surface area contributed by atoms with Crippen molar-refractivity contribution in [2.75, 3.05) is 37.4 Å². The van der Waals surface area contributed by atoms with Crippen molar-refractivity contribution in [2.45, 2.75) is 6.54 Å². The summed E-state index contributed by atoms with van der Waals surface area (Å²) >= 11 is 1.75. The number of anilines is 2. The van der Waals surface area contributed by atoms with Crippen LogP contribution in [0.5, 0.6) is 0 Å². The first-order valence-electron chi connectivity index (χ1n) is 6.50. The number of rotatable bonds is 7. The van der Waals surface area contributed by atoms with Crippen molar-refractivity contribution in [1.29, 1.82) is 0 Å². The highest BCUT2D eigenvalue weighted by Crippen LogP contribution is 2.17. The molecule has 0 spiro atoms. The van der Waals surface area contributed by atoms with Crippen LogP contribution in [0.2, 0.25) is 0 Å². The van der Waals surface area contributed by atoms with Gasteiger partial charge in [-0.25, -0.2) is 0 Å². The van der Waals surface area contributed by atoms with Gasteiger partial charge in [0.15, 0.2) is 0 Å². The molecule has 0 unspecified atom stereocenters. The standard InChI is InChI=1S/C15H21N3S/c1-16-14-4-3-5-15(10-14)18(2)8-7-17-11-13-6-9-19-12-13/h3-6,9-10,12,16-17H,7-8,11H2,1-2H3. The Balaban J connectivity index is 1.75. The van der Waals surface area contributed by atoms with Crippen LogP contribution in [0.3, 0.4) is 0 Å². The maximum Gasteiger partial charge on any atom is 0.0384 e. The van der Waals surface area contributed by atoms with Crippen LogP contribution in [-0.2, 0) is 6.54 Å². The van der Waals surface area contributed by atoms with Gasteiger partial charge < -0.3 is 15.5 Å². The van der Waals surface area contributed by atoms with Crippen molar-refractivity contribution in [3.05, 3.63) is 46.7 Å². The zero-order valence-electron chi connectivity index (χ0n) is 11.5. The minimum atomic E-state index is 0.952. The van der Waals surface area contributed by atoms with Gasteiger partial charge in [0.25, 0.3) is 0 Å². The molecule has 0 fully saturated rings. The van der Waals surface area contributed by atoms with E-state index in [1.807, 2.05) is 7.05 Å². The van der Waals surface area contributed by atoms with Crippen molar-refractivity contribution in [3.63, 3.8) is 0 Å². The smallest absolute Gasteiger partial charge is 0.0384 e. The van der Waals surface area contributed by atoms with Crippen LogP contribution in [0.1, 0.15) is 5.56 Å². The normalized spacial score (nSPS) is 10.4. The number of hydrogen-bond donors (Lipinski definition) is 2. The van der Waals surface area contributed by atoms with E-state index in [2.05, 4.69) is 63.7 Å². The monoisotopic (exact) mass is 275 g/mol. The number of nitrogens with zero attached hydrogens (tertiary/aromatic N) is 1. The molecule has 3 nitrogen and oxygen atoms in total. The second-order valence-corrected chi connectivity index (χ2v) is 5.31. The Hall–Kier alpha value is -1.52. The molecule has 1 heterocycles. The minimum absolute atomic E-state index is 0.952. The lowest BCUT2D eigenvalue weighted by molar-refractivity contribution is 0.681. The van der Waals surface area contributed by atoms with Crippen LogP contribution in [0, 0.1) is 0 Å². The van der Waals surface area contributed by atoms with Gasteiger partial charge in [-0.1, -0.05) is 6.07 Å². The minimum Gasteiger partial charge on any atom is -0.388 e. The van der Waals surface area contributed by atoms with Gasteiger partial charge in [0.2, 0.25) is 0 Å². The highest BCUT2D eigenvalue weighted by atomic mass is 32.1.